The van der Waals surface area contributed by atoms with Gasteiger partial charge in [0.05, 0.1) is 17.8 Å². The Balaban J connectivity index is 1.84. The monoisotopic (exact) mass is 293 g/mol. The van der Waals surface area contributed by atoms with E-state index in [0.717, 1.165) is 19.3 Å². The van der Waals surface area contributed by atoms with Crippen LogP contribution in [0.2, 0.25) is 0 Å². The molecule has 4 heteroatoms. The number of likely N-dealkylation sites (N-methyl/N-ethyl adjacent to an activating group) is 1. The maximum atomic E-state index is 5.33. The molecule has 1 N–H and O–H groups in total. The van der Waals surface area contributed by atoms with Crippen molar-refractivity contribution in [1.29, 1.82) is 0 Å². The van der Waals surface area contributed by atoms with E-state index >= 15 is 0 Å². The van der Waals surface area contributed by atoms with Crippen molar-refractivity contribution in [3.8, 4) is 0 Å². The highest BCUT2D eigenvalue weighted by Crippen LogP contribution is 2.27. The van der Waals surface area contributed by atoms with E-state index in [1.165, 1.54) is 37.8 Å². The Kier molecular flexibility index (Phi) is 6.71. The van der Waals surface area contributed by atoms with E-state index in [9.17, 15) is 0 Å². The standard InChI is InChI=1S/C17H31N3O/c1-14(21-3)9-10-15(18-2)13-16-11-12-20(19-16)17-7-5-4-6-8-17/h11-12,14-15,17-18H,4-10,13H2,1-3H3. The Morgan fingerprint density at radius 3 is 2.76 bits per heavy atom. The summed E-state index contributed by atoms with van der Waals surface area (Å²) in [6.07, 6.45) is 12.4. The number of methoxy groups -OCH3 is 1. The molecule has 1 saturated carbocycles. The quantitative estimate of drug-likeness (QED) is 0.799. The molecule has 0 amide bonds. The number of nitrogens with one attached hydrogen (secondary N) is 1. The van der Waals surface area contributed by atoms with Gasteiger partial charge in [-0.05, 0) is 45.7 Å². The van der Waals surface area contributed by atoms with Crippen molar-refractivity contribution in [2.24, 2.45) is 0 Å². The summed E-state index contributed by atoms with van der Waals surface area (Å²) in [6.45, 7) is 2.13. The molecule has 1 fully saturated rings. The molecule has 120 valence electrons. The molecule has 4 nitrogen and oxygen atoms in total. The van der Waals surface area contributed by atoms with Crippen molar-refractivity contribution in [1.82, 2.24) is 15.1 Å². The molecule has 0 bridgehead atoms. The average molecular weight is 293 g/mol. The van der Waals surface area contributed by atoms with Crippen LogP contribution >= 0.6 is 0 Å². The van der Waals surface area contributed by atoms with Gasteiger partial charge in [-0.25, -0.2) is 0 Å². The van der Waals surface area contributed by atoms with Gasteiger partial charge in [0.15, 0.2) is 0 Å². The Hall–Kier alpha value is -0.870. The highest BCUT2D eigenvalue weighted by molar-refractivity contribution is 5.02. The fourth-order valence-electron chi connectivity index (χ4n) is 3.19. The molecule has 21 heavy (non-hydrogen) atoms. The van der Waals surface area contributed by atoms with Crippen LogP contribution in [0.3, 0.4) is 0 Å². The van der Waals surface area contributed by atoms with Crippen LogP contribution in [0.1, 0.15) is 63.6 Å². The Labute approximate surface area is 129 Å². The minimum atomic E-state index is 0.334. The Morgan fingerprint density at radius 2 is 2.10 bits per heavy atom. The summed E-state index contributed by atoms with van der Waals surface area (Å²) in [7, 11) is 3.82. The normalized spacial score (nSPS) is 19.6. The van der Waals surface area contributed by atoms with Crippen molar-refractivity contribution >= 4 is 0 Å². The van der Waals surface area contributed by atoms with E-state index in [-0.39, 0.29) is 0 Å². The Morgan fingerprint density at radius 1 is 1.33 bits per heavy atom. The third-order valence-electron chi connectivity index (χ3n) is 4.80. The number of nitrogens with zero attached hydrogens (tertiary/aromatic N) is 2. The molecule has 0 spiro atoms. The van der Waals surface area contributed by atoms with Gasteiger partial charge in [0.25, 0.3) is 0 Å². The molecular formula is C17H31N3O. The fraction of sp³-hybridized carbons (Fsp3) is 0.824. The number of aromatic nitrogens is 2. The third kappa shape index (κ3) is 5.11. The molecule has 1 aromatic heterocycles. The van der Waals surface area contributed by atoms with Crippen molar-refractivity contribution in [3.05, 3.63) is 18.0 Å². The van der Waals surface area contributed by atoms with Crippen LogP contribution < -0.4 is 5.32 Å². The smallest absolute Gasteiger partial charge is 0.0640 e. The van der Waals surface area contributed by atoms with Crippen LogP contribution in [-0.4, -0.2) is 36.1 Å². The summed E-state index contributed by atoms with van der Waals surface area (Å²) in [5.74, 6) is 0. The Bertz CT molecular complexity index is 398. The third-order valence-corrected chi connectivity index (χ3v) is 4.80. The fourth-order valence-corrected chi connectivity index (χ4v) is 3.19. The minimum absolute atomic E-state index is 0.334. The summed E-state index contributed by atoms with van der Waals surface area (Å²) in [6, 6.07) is 3.31. The molecule has 1 aromatic rings. The van der Waals surface area contributed by atoms with Gasteiger partial charge >= 0.3 is 0 Å². The van der Waals surface area contributed by atoms with E-state index in [2.05, 4.69) is 29.2 Å². The van der Waals surface area contributed by atoms with Crippen LogP contribution in [0.25, 0.3) is 0 Å². The maximum absolute atomic E-state index is 5.33. The second-order valence-electron chi connectivity index (χ2n) is 6.39. The second kappa shape index (κ2) is 8.54. The first kappa shape index (κ1) is 16.5. The highest BCUT2D eigenvalue weighted by Gasteiger charge is 2.17. The van der Waals surface area contributed by atoms with Gasteiger partial charge in [0, 0.05) is 25.8 Å². The van der Waals surface area contributed by atoms with Crippen LogP contribution in [0, 0.1) is 0 Å². The summed E-state index contributed by atoms with van der Waals surface area (Å²) in [5, 5.41) is 8.23. The number of hydrogen-bond donors (Lipinski definition) is 1. The predicted octanol–water partition coefficient (Wildman–Crippen LogP) is 3.33. The summed E-state index contributed by atoms with van der Waals surface area (Å²) in [5.41, 5.74) is 1.21. The molecule has 0 saturated heterocycles. The lowest BCUT2D eigenvalue weighted by atomic mass is 9.96. The zero-order valence-electron chi connectivity index (χ0n) is 13.8. The van der Waals surface area contributed by atoms with Gasteiger partial charge in [0.1, 0.15) is 0 Å². The second-order valence-corrected chi connectivity index (χ2v) is 6.39. The van der Waals surface area contributed by atoms with E-state index in [4.69, 9.17) is 9.84 Å². The number of ether oxygens (including phenoxy) is 1. The molecule has 2 rings (SSSR count). The molecule has 1 aliphatic carbocycles. The van der Waals surface area contributed by atoms with Crippen LogP contribution in [-0.2, 0) is 11.2 Å². The summed E-state index contributed by atoms with van der Waals surface area (Å²) >= 11 is 0. The lowest BCUT2D eigenvalue weighted by Crippen LogP contribution is -2.29. The summed E-state index contributed by atoms with van der Waals surface area (Å²) < 4.78 is 7.54. The molecular weight excluding hydrogens is 262 g/mol. The van der Waals surface area contributed by atoms with Gasteiger partial charge in [-0.2, -0.15) is 5.10 Å². The topological polar surface area (TPSA) is 39.1 Å². The van der Waals surface area contributed by atoms with Crippen molar-refractivity contribution in [3.63, 3.8) is 0 Å². The highest BCUT2D eigenvalue weighted by atomic mass is 16.5. The van der Waals surface area contributed by atoms with E-state index < -0.39 is 0 Å². The van der Waals surface area contributed by atoms with E-state index in [1.54, 1.807) is 7.11 Å². The van der Waals surface area contributed by atoms with Crippen LogP contribution in [0.5, 0.6) is 0 Å². The molecule has 1 aliphatic rings. The van der Waals surface area contributed by atoms with Gasteiger partial charge in [0.2, 0.25) is 0 Å². The number of hydrogen-bond acceptors (Lipinski definition) is 3. The van der Waals surface area contributed by atoms with Gasteiger partial charge in [-0.15, -0.1) is 0 Å². The first-order valence-corrected chi connectivity index (χ1v) is 8.47. The van der Waals surface area contributed by atoms with Crippen molar-refractivity contribution in [2.45, 2.75) is 76.5 Å². The van der Waals surface area contributed by atoms with Crippen LogP contribution in [0.15, 0.2) is 12.3 Å². The van der Waals surface area contributed by atoms with E-state index in [1.807, 2.05) is 7.05 Å². The molecule has 2 atom stereocenters. The van der Waals surface area contributed by atoms with Crippen LogP contribution in [0.4, 0.5) is 0 Å². The SMILES string of the molecule is CNC(CCC(C)OC)Cc1ccn(C2CCCCC2)n1. The minimum Gasteiger partial charge on any atom is -0.382 e. The van der Waals surface area contributed by atoms with Crippen molar-refractivity contribution < 1.29 is 4.74 Å². The predicted molar refractivity (Wildman–Crippen MR) is 86.6 cm³/mol. The van der Waals surface area contributed by atoms with Gasteiger partial charge in [-0.3, -0.25) is 4.68 Å². The zero-order valence-corrected chi connectivity index (χ0v) is 13.8. The first-order chi connectivity index (χ1) is 10.2. The maximum Gasteiger partial charge on any atom is 0.0640 e. The molecule has 1 heterocycles. The molecule has 0 aromatic carbocycles. The van der Waals surface area contributed by atoms with Gasteiger partial charge < -0.3 is 10.1 Å². The largest absolute Gasteiger partial charge is 0.382 e. The zero-order chi connectivity index (χ0) is 15.1. The molecule has 0 aliphatic heterocycles. The first-order valence-electron chi connectivity index (χ1n) is 8.47. The molecule has 2 unspecified atom stereocenters. The van der Waals surface area contributed by atoms with E-state index in [0.29, 0.717) is 18.2 Å². The lowest BCUT2D eigenvalue weighted by Gasteiger charge is -2.22. The van der Waals surface area contributed by atoms with Gasteiger partial charge in [-0.1, -0.05) is 19.3 Å². The summed E-state index contributed by atoms with van der Waals surface area (Å²) in [4.78, 5) is 0. The number of rotatable bonds is 8. The molecule has 0 radical (unpaired) electrons. The van der Waals surface area contributed by atoms with Crippen molar-refractivity contribution in [2.75, 3.05) is 14.2 Å². The average Bonchev–Trinajstić information content (AvgIpc) is 3.00. The lowest BCUT2D eigenvalue weighted by molar-refractivity contribution is 0.106.